The van der Waals surface area contributed by atoms with Crippen LogP contribution in [0.1, 0.15) is 11.0 Å². The Labute approximate surface area is 320 Å². The maximum absolute atomic E-state index is 9.62. The van der Waals surface area contributed by atoms with Gasteiger partial charge in [-0.25, -0.2) is 0 Å². The van der Waals surface area contributed by atoms with Crippen LogP contribution in [0.5, 0.6) is 0 Å². The van der Waals surface area contributed by atoms with Crippen molar-refractivity contribution in [3.63, 3.8) is 0 Å². The third-order valence-corrected chi connectivity index (χ3v) is 9.97. The largest absolute Gasteiger partial charge is 0.310 e. The zero-order valence-corrected chi connectivity index (χ0v) is 28.5. The van der Waals surface area contributed by atoms with E-state index in [9.17, 15) is 11.0 Å². The minimum absolute atomic E-state index is 0.115. The maximum atomic E-state index is 9.62. The molecule has 0 aliphatic carbocycles. The van der Waals surface area contributed by atoms with Gasteiger partial charge in [0.1, 0.15) is 0 Å². The van der Waals surface area contributed by atoms with E-state index in [1.807, 2.05) is 152 Å². The molecule has 0 amide bonds. The molecule has 53 heavy (non-hydrogen) atoms. The van der Waals surface area contributed by atoms with E-state index in [4.69, 9.17) is 0 Å². The molecule has 0 saturated carbocycles. The Morgan fingerprint density at radius 2 is 0.774 bits per heavy atom. The lowest BCUT2D eigenvalue weighted by atomic mass is 9.96. The van der Waals surface area contributed by atoms with Gasteiger partial charge in [0.15, 0.2) is 0 Å². The van der Waals surface area contributed by atoms with E-state index in [-0.39, 0.29) is 70.8 Å². The Kier molecular flexibility index (Phi) is 5.76. The minimum Gasteiger partial charge on any atom is -0.310 e. The van der Waals surface area contributed by atoms with Crippen molar-refractivity contribution in [2.75, 3.05) is 4.90 Å². The summed E-state index contributed by atoms with van der Waals surface area (Å²) in [7, 11) is 0. The third kappa shape index (κ3) is 5.60. The van der Waals surface area contributed by atoms with Gasteiger partial charge in [0.25, 0.3) is 0 Å². The number of benzene rings is 10. The molecule has 1 heteroatoms. The summed E-state index contributed by atoms with van der Waals surface area (Å²) in [6.45, 7) is 0. The predicted molar refractivity (Wildman–Crippen MR) is 227 cm³/mol. The van der Waals surface area contributed by atoms with Crippen molar-refractivity contribution in [3.8, 4) is 33.4 Å². The van der Waals surface area contributed by atoms with E-state index < -0.39 is 0 Å². The summed E-state index contributed by atoms with van der Waals surface area (Å²) in [6.07, 6.45) is 0. The molecule has 1 nitrogen and oxygen atoms in total. The van der Waals surface area contributed by atoms with Crippen LogP contribution in [0, 0.1) is 0 Å². The minimum atomic E-state index is -0.389. The van der Waals surface area contributed by atoms with Crippen LogP contribution in [0.4, 0.5) is 17.1 Å². The molecular formula is C52H35N. The SMILES string of the molecule is [2H]c1c([2H])c(N(c2cccc(-c3cccc4ccccc34)c2)c2c([2H])c([2H])c(-c3cccc4ccccc34)c([2H])c2[2H])c([2H])c([2H])c1-c1ccc2c(ccc3ccccc32)c1. The first-order valence-electron chi connectivity index (χ1n) is 21.6. The van der Waals surface area contributed by atoms with Crippen LogP contribution in [-0.2, 0) is 0 Å². The number of hydrogen-bond acceptors (Lipinski definition) is 1. The first-order valence-corrected chi connectivity index (χ1v) is 17.6. The first kappa shape index (κ1) is 23.5. The van der Waals surface area contributed by atoms with E-state index in [2.05, 4.69) is 0 Å². The maximum Gasteiger partial charge on any atom is 0.0645 e. The summed E-state index contributed by atoms with van der Waals surface area (Å²) in [5.74, 6) is 0. The summed E-state index contributed by atoms with van der Waals surface area (Å²) in [6, 6.07) is 49.4. The van der Waals surface area contributed by atoms with Crippen molar-refractivity contribution < 1.29 is 11.0 Å². The number of nitrogens with zero attached hydrogens (tertiary/aromatic N) is 1. The van der Waals surface area contributed by atoms with Crippen LogP contribution >= 0.6 is 0 Å². The average molecular weight is 682 g/mol. The fraction of sp³-hybridized carbons (Fsp3) is 0. The van der Waals surface area contributed by atoms with Crippen LogP contribution in [0.2, 0.25) is 0 Å². The Balaban J connectivity index is 1.22. The van der Waals surface area contributed by atoms with E-state index in [1.165, 1.54) is 4.90 Å². The van der Waals surface area contributed by atoms with E-state index in [0.29, 0.717) is 16.8 Å². The number of rotatable bonds is 6. The zero-order chi connectivity index (χ0) is 42.1. The fourth-order valence-corrected chi connectivity index (χ4v) is 7.39. The highest BCUT2D eigenvalue weighted by Crippen LogP contribution is 2.40. The molecule has 0 heterocycles. The van der Waals surface area contributed by atoms with Crippen LogP contribution in [0.25, 0.3) is 76.5 Å². The smallest absolute Gasteiger partial charge is 0.0645 e. The molecule has 0 aromatic heterocycles. The highest BCUT2D eigenvalue weighted by molar-refractivity contribution is 6.08. The van der Waals surface area contributed by atoms with Gasteiger partial charge in [0.05, 0.1) is 11.0 Å². The molecule has 0 saturated heterocycles. The molecular weight excluding hydrogens is 639 g/mol. The van der Waals surface area contributed by atoms with E-state index in [0.717, 1.165) is 54.2 Å². The summed E-state index contributed by atoms with van der Waals surface area (Å²) in [4.78, 5) is 1.37. The van der Waals surface area contributed by atoms with Gasteiger partial charge in [-0.05, 0) is 119 Å². The first-order chi connectivity index (χ1) is 29.6. The molecule has 0 atom stereocenters. The van der Waals surface area contributed by atoms with Crippen LogP contribution < -0.4 is 4.90 Å². The van der Waals surface area contributed by atoms with Gasteiger partial charge >= 0.3 is 0 Å². The lowest BCUT2D eigenvalue weighted by Gasteiger charge is -2.26. The van der Waals surface area contributed by atoms with Crippen LogP contribution in [-0.4, -0.2) is 0 Å². The highest BCUT2D eigenvalue weighted by atomic mass is 15.1. The lowest BCUT2D eigenvalue weighted by Crippen LogP contribution is -2.10. The van der Waals surface area contributed by atoms with Crippen molar-refractivity contribution in [1.29, 1.82) is 0 Å². The lowest BCUT2D eigenvalue weighted by molar-refractivity contribution is 1.28. The molecule has 0 aliphatic rings. The number of hydrogen-bond donors (Lipinski definition) is 0. The Morgan fingerprint density at radius 1 is 0.283 bits per heavy atom. The van der Waals surface area contributed by atoms with Gasteiger partial charge in [-0.15, -0.1) is 0 Å². The van der Waals surface area contributed by atoms with Gasteiger partial charge in [0.2, 0.25) is 0 Å². The van der Waals surface area contributed by atoms with Crippen molar-refractivity contribution >= 4 is 60.2 Å². The van der Waals surface area contributed by atoms with Crippen molar-refractivity contribution in [2.24, 2.45) is 0 Å². The van der Waals surface area contributed by atoms with Gasteiger partial charge in [0, 0.05) is 17.1 Å². The fourth-order valence-electron chi connectivity index (χ4n) is 7.39. The predicted octanol–water partition coefficient (Wildman–Crippen LogP) is 14.8. The molecule has 0 fully saturated rings. The van der Waals surface area contributed by atoms with Crippen molar-refractivity contribution in [3.05, 3.63) is 212 Å². The Morgan fingerprint density at radius 3 is 1.43 bits per heavy atom. The number of fused-ring (bicyclic) bond motifs is 5. The van der Waals surface area contributed by atoms with Gasteiger partial charge < -0.3 is 4.90 Å². The highest BCUT2D eigenvalue weighted by Gasteiger charge is 2.16. The average Bonchev–Trinajstić information content (AvgIpc) is 3.29. The monoisotopic (exact) mass is 681 g/mol. The summed E-state index contributed by atoms with van der Waals surface area (Å²) in [5, 5.41) is 7.72. The second-order valence-electron chi connectivity index (χ2n) is 13.1. The molecule has 0 radical (unpaired) electrons. The van der Waals surface area contributed by atoms with Crippen molar-refractivity contribution in [1.82, 2.24) is 0 Å². The standard InChI is InChI=1S/C52H35N/c1-4-17-47-37(10-1)13-8-20-50(47)40-26-31-45(32-27-40)53(46-16-7-15-42(35-46)51-21-9-14-38-11-2-5-18-48(38)51)44-29-24-36(25-30-44)41-28-33-52-43(34-41)23-22-39-12-3-6-19-49(39)52/h1-35H/i24D,25D,26D,27D,29D,30D,31D,32D. The molecule has 10 aromatic carbocycles. The Bertz CT molecular complexity index is 3370. The molecule has 248 valence electrons. The summed E-state index contributed by atoms with van der Waals surface area (Å²) >= 11 is 0. The molecule has 0 spiro atoms. The second kappa shape index (κ2) is 13.0. The zero-order valence-electron chi connectivity index (χ0n) is 36.5. The summed E-state index contributed by atoms with van der Waals surface area (Å²) in [5.41, 5.74) is 2.93. The summed E-state index contributed by atoms with van der Waals surface area (Å²) < 4.78 is 76.2. The quantitative estimate of drug-likeness (QED) is 0.158. The van der Waals surface area contributed by atoms with Gasteiger partial charge in [-0.2, -0.15) is 0 Å². The molecule has 10 aromatic rings. The van der Waals surface area contributed by atoms with E-state index in [1.54, 1.807) is 12.1 Å². The van der Waals surface area contributed by atoms with Crippen LogP contribution in [0.3, 0.4) is 0 Å². The second-order valence-corrected chi connectivity index (χ2v) is 13.1. The van der Waals surface area contributed by atoms with Gasteiger partial charge in [-0.3, -0.25) is 0 Å². The topological polar surface area (TPSA) is 3.24 Å². The molecule has 0 aliphatic heterocycles. The normalized spacial score (nSPS) is 13.5. The Hall–Kier alpha value is -6.96. The van der Waals surface area contributed by atoms with E-state index >= 15 is 0 Å². The molecule has 0 N–H and O–H groups in total. The van der Waals surface area contributed by atoms with Crippen molar-refractivity contribution in [2.45, 2.75) is 0 Å². The van der Waals surface area contributed by atoms with Crippen LogP contribution in [0.15, 0.2) is 212 Å². The number of anilines is 3. The third-order valence-electron chi connectivity index (χ3n) is 9.97. The molecule has 0 unspecified atom stereocenters. The molecule has 10 rings (SSSR count). The molecule has 0 bridgehead atoms. The van der Waals surface area contributed by atoms with Gasteiger partial charge in [-0.1, -0.05) is 170 Å².